The third-order valence-corrected chi connectivity index (χ3v) is 17.4. The van der Waals surface area contributed by atoms with E-state index in [4.69, 9.17) is 68.7 Å². The minimum Gasteiger partial charge on any atom is -1.00 e. The molecule has 0 aliphatic heterocycles. The molecule has 0 unspecified atom stereocenters. The SMILES string of the molecule is CN(C)c1ccc2[nH]ccc(=O)c2c1.CN(C)c1ccc2[nH]ccc(=O)c2c1.CN(C)c1ccc2nccc(Cl)c2c1.CN(C)c1ccc2nccc(Nc3ccc(C(=O)Nc4ccc(Nc5cc[n+](C)cc5)cc4)cc3)c2c1.C[n+]1ccc(Nc2ccc(NC(=O)c3ccc(N)cc3)cc2)cc1.O.O=O.OOO.[B][B]B([B])B([B])[B].[Cl-].[Cl-]. The molecule has 0 aliphatic rings. The molecule has 14 rings (SSSR count). The molecule has 0 fully saturated rings. The number of aromatic amines is 2. The number of halogens is 3. The molecule has 0 spiro atoms. The van der Waals surface area contributed by atoms with Crippen molar-refractivity contribution < 1.29 is 64.6 Å². The lowest BCUT2D eigenvalue weighted by Crippen LogP contribution is -3.00. The second-order valence-electron chi connectivity index (χ2n) is 26.3. The quantitative estimate of drug-likeness (QED) is 0.0184. The van der Waals surface area contributed by atoms with Gasteiger partial charge in [0.2, 0.25) is 0 Å². The van der Waals surface area contributed by atoms with Crippen LogP contribution in [0.2, 0.25) is 5.02 Å². The molecular formula is C82H87B7Cl3N16O10. The van der Waals surface area contributed by atoms with Crippen LogP contribution in [0, 0.1) is 9.93 Å². The first-order chi connectivity index (χ1) is 55.2. The summed E-state index contributed by atoms with van der Waals surface area (Å²) in [6, 6.07) is 68.2. The number of anilines is 13. The molecule has 6 heterocycles. The normalized spacial score (nSPS) is 9.77. The van der Waals surface area contributed by atoms with Gasteiger partial charge in [-0.25, -0.2) is 19.6 Å². The molecule has 118 heavy (non-hydrogen) atoms. The Hall–Kier alpha value is -12.6. The van der Waals surface area contributed by atoms with Crippen LogP contribution in [0.15, 0.2) is 278 Å². The summed E-state index contributed by atoms with van der Waals surface area (Å²) in [5, 5.41) is 35.7. The molecule has 0 saturated heterocycles. The highest BCUT2D eigenvalue weighted by molar-refractivity contribution is 7.81. The number of fused-ring (bicyclic) bond motifs is 4. The smallest absolute Gasteiger partial charge is 0.255 e. The number of hydrogen-bond acceptors (Lipinski definition) is 19. The second-order valence-corrected chi connectivity index (χ2v) is 26.8. The van der Waals surface area contributed by atoms with Crippen LogP contribution in [-0.2, 0) is 19.1 Å². The minimum atomic E-state index is -0.537. The average Bonchev–Trinajstić information content (AvgIpc) is 0.835. The summed E-state index contributed by atoms with van der Waals surface area (Å²) in [5.74, 6) is -0.320. The van der Waals surface area contributed by atoms with Gasteiger partial charge in [0.25, 0.3) is 11.8 Å². The topological polar surface area (TPSA) is 348 Å². The van der Waals surface area contributed by atoms with Crippen LogP contribution in [0.1, 0.15) is 20.7 Å². The number of nitrogens with one attached hydrogen (secondary N) is 7. The molecule has 597 valence electrons. The monoisotopic (exact) mass is 1640 g/mol. The van der Waals surface area contributed by atoms with Crippen LogP contribution in [0.3, 0.4) is 0 Å². The summed E-state index contributed by atoms with van der Waals surface area (Å²) >= 11 is 6.08. The fraction of sp³-hybridized carbons (Fsp3) is 0.122. The number of nitrogens with zero attached hydrogens (tertiary/aromatic N) is 8. The van der Waals surface area contributed by atoms with Crippen LogP contribution in [-0.4, -0.2) is 155 Å². The molecule has 6 aromatic heterocycles. The number of H-pyrrole nitrogens is 2. The van der Waals surface area contributed by atoms with E-state index in [0.717, 1.165) is 117 Å². The fourth-order valence-corrected chi connectivity index (χ4v) is 10.8. The number of nitrogen functional groups attached to an aromatic ring is 1. The molecule has 0 saturated carbocycles. The van der Waals surface area contributed by atoms with Gasteiger partial charge in [0.1, 0.15) is 14.1 Å². The van der Waals surface area contributed by atoms with Gasteiger partial charge in [-0.05, 0) is 182 Å². The van der Waals surface area contributed by atoms with Crippen molar-refractivity contribution in [1.82, 2.24) is 19.9 Å². The zero-order chi connectivity index (χ0) is 83.7. The van der Waals surface area contributed by atoms with Crippen LogP contribution >= 0.6 is 11.6 Å². The largest absolute Gasteiger partial charge is 1.00 e. The van der Waals surface area contributed by atoms with Crippen LogP contribution in [0.5, 0.6) is 0 Å². The number of aromatic nitrogens is 6. The zero-order valence-electron chi connectivity index (χ0n) is 66.5. The number of benzene rings is 8. The third-order valence-electron chi connectivity index (χ3n) is 17.0. The molecule has 2 amide bonds. The lowest BCUT2D eigenvalue weighted by molar-refractivity contribution is -0.671. The molecule has 14 aromatic rings. The van der Waals surface area contributed by atoms with E-state index in [1.165, 1.54) is 7.06 Å². The molecule has 0 aliphatic carbocycles. The first-order valence-corrected chi connectivity index (χ1v) is 35.9. The first-order valence-electron chi connectivity index (χ1n) is 35.5. The summed E-state index contributed by atoms with van der Waals surface area (Å²) in [4.78, 5) is 84.9. The van der Waals surface area contributed by atoms with Crippen molar-refractivity contribution in [3.63, 3.8) is 0 Å². The number of carbonyl (C=O) groups excluding carboxylic acids is 2. The predicted octanol–water partition coefficient (Wildman–Crippen LogP) is 5.63. The highest BCUT2D eigenvalue weighted by atomic mass is 35.5. The van der Waals surface area contributed by atoms with Gasteiger partial charge in [-0.2, -0.15) is 0 Å². The highest BCUT2D eigenvalue weighted by Gasteiger charge is 2.13. The Balaban J connectivity index is 0.000000314. The predicted molar refractivity (Wildman–Crippen MR) is 483 cm³/mol. The fourth-order valence-electron chi connectivity index (χ4n) is 10.6. The van der Waals surface area contributed by atoms with Crippen LogP contribution < -0.4 is 96.7 Å². The van der Waals surface area contributed by atoms with E-state index in [9.17, 15) is 19.2 Å². The van der Waals surface area contributed by atoms with Crippen molar-refractivity contribution in [2.45, 2.75) is 0 Å². The third kappa shape index (κ3) is 30.2. The summed E-state index contributed by atoms with van der Waals surface area (Å²) in [6.45, 7) is 0. The number of carbonyl (C=O) groups is 2. The molecule has 13 N–H and O–H groups in total. The van der Waals surface area contributed by atoms with Crippen molar-refractivity contribution in [3.05, 3.63) is 314 Å². The van der Waals surface area contributed by atoms with Crippen LogP contribution in [0.4, 0.5) is 73.9 Å². The maximum Gasteiger partial charge on any atom is 0.255 e. The van der Waals surface area contributed by atoms with Crippen molar-refractivity contribution in [1.29, 1.82) is 0 Å². The maximum atomic E-state index is 12.8. The average molecular weight is 1640 g/mol. The van der Waals surface area contributed by atoms with Gasteiger partial charge in [-0.1, -0.05) is 16.6 Å². The Labute approximate surface area is 708 Å². The number of amides is 2. The molecule has 0 atom stereocenters. The van der Waals surface area contributed by atoms with Gasteiger partial charge in [0.05, 0.1) is 27.4 Å². The van der Waals surface area contributed by atoms with Gasteiger partial charge < -0.3 is 92.2 Å². The lowest BCUT2D eigenvalue weighted by atomic mass is 8.76. The van der Waals surface area contributed by atoms with E-state index in [2.05, 4.69) is 68.6 Å². The molecule has 0 bridgehead atoms. The van der Waals surface area contributed by atoms with Crippen molar-refractivity contribution in [2.24, 2.45) is 14.1 Å². The Morgan fingerprint density at radius 3 is 1.16 bits per heavy atom. The Morgan fingerprint density at radius 2 is 0.788 bits per heavy atom. The van der Waals surface area contributed by atoms with Crippen molar-refractivity contribution in [2.75, 3.05) is 108 Å². The highest BCUT2D eigenvalue weighted by Crippen LogP contribution is 2.30. The summed E-state index contributed by atoms with van der Waals surface area (Å²) < 4.78 is 3.95. The minimum absolute atomic E-state index is 0. The summed E-state index contributed by atoms with van der Waals surface area (Å²) in [7, 11) is 41.4. The maximum absolute atomic E-state index is 12.8. The lowest BCUT2D eigenvalue weighted by Gasteiger charge is -2.15. The van der Waals surface area contributed by atoms with E-state index in [-0.39, 0.29) is 59.3 Å². The van der Waals surface area contributed by atoms with Gasteiger partial charge >= 0.3 is 0 Å². The second kappa shape index (κ2) is 49.3. The molecule has 8 aromatic carbocycles. The van der Waals surface area contributed by atoms with E-state index in [1.54, 1.807) is 61.2 Å². The number of pyridine rings is 6. The molecule has 36 heteroatoms. The van der Waals surface area contributed by atoms with E-state index < -0.39 is 6.39 Å². The van der Waals surface area contributed by atoms with Gasteiger partial charge in [-0.15, -0.1) is 0 Å². The molecule has 26 nitrogen and oxygen atoms in total. The molecule has 9 radical (unpaired) electrons. The van der Waals surface area contributed by atoms with Crippen molar-refractivity contribution >= 4 is 192 Å². The number of rotatable bonds is 16. The Morgan fingerprint density at radius 1 is 0.466 bits per heavy atom. The first kappa shape index (κ1) is 97.8. The Bertz CT molecular complexity index is 5480. The van der Waals surface area contributed by atoms with Crippen LogP contribution in [0.25, 0.3) is 43.6 Å². The molecular weight excluding hydrogens is 1550 g/mol. The standard InChI is InChI=1S/C30H28N6O.C19H18N4O.C11H11ClN2.2C11H12N2O.B7.2ClH.H2O3.O2.H2O/c1-35(2)26-12-13-28-27(20-26)29(14-17-31-28)33-23-6-4-21(5-7-23)30(37)34-24-10-8-22(9-11-24)32-25-15-18-36(3)19-16-25;1-23-12-10-18(11-13-23)21-16-6-8-17(9-7-16)22-19(24)14-2-4-15(20)5-3-14;1-14(2)8-3-4-11-9(7-8)10(12)5-6-13-11;2*1-13(2)8-3-4-10-9(7-8)11(14)5-6-12-10;1-5-7(4)6(2)3;;;1-3-2;1-2;/h4-20H,1-3H3,(H2,31,33,34,37);2-13H,1H3,(H3,20,22,24);3-7H,1-2H3;2*3-7H,1-2H3,(H,12,14);;2*1H;1-2H;;1H2. The van der Waals surface area contributed by atoms with E-state index in [0.29, 0.717) is 16.8 Å². The van der Waals surface area contributed by atoms with E-state index in [1.807, 2.05) is 289 Å². The number of aryl methyl sites for hydroxylation is 2. The Kier molecular flexibility index (Phi) is 40.9. The zero-order valence-corrected chi connectivity index (χ0v) is 68.8. The number of nitrogens with two attached hydrogens (primary N) is 1. The van der Waals surface area contributed by atoms with Gasteiger partial charge in [0, 0.05) is 285 Å². The number of hydrogen-bond donors (Lipinski definition) is 10. The van der Waals surface area contributed by atoms with Gasteiger partial charge in [-0.3, -0.25) is 29.1 Å². The van der Waals surface area contributed by atoms with Gasteiger partial charge in [0.15, 0.2) is 35.6 Å². The summed E-state index contributed by atoms with van der Waals surface area (Å²) in [6.07, 6.45) is 13.8. The summed E-state index contributed by atoms with van der Waals surface area (Å²) in [5.41, 5.74) is 22.7. The van der Waals surface area contributed by atoms with Crippen molar-refractivity contribution in [3.8, 4) is 0 Å². The van der Waals surface area contributed by atoms with E-state index >= 15 is 0 Å².